The van der Waals surface area contributed by atoms with Crippen molar-refractivity contribution in [3.05, 3.63) is 0 Å². The van der Waals surface area contributed by atoms with E-state index >= 15 is 0 Å². The summed E-state index contributed by atoms with van der Waals surface area (Å²) in [5.41, 5.74) is 0. The minimum absolute atomic E-state index is 0.0423. The molecule has 1 heterocycles. The average molecular weight is 228 g/mol. The molecule has 4 heteroatoms. The molecule has 0 radical (unpaired) electrons. The summed E-state index contributed by atoms with van der Waals surface area (Å²) in [6, 6.07) is 0. The van der Waals surface area contributed by atoms with Crippen LogP contribution in [0, 0.1) is 11.8 Å². The Hall–Kier alpha value is -0.900. The number of carbonyl (C=O) groups excluding carboxylic acids is 2. The third-order valence-electron chi connectivity index (χ3n) is 3.28. The topological polar surface area (TPSA) is 52.6 Å². The van der Waals surface area contributed by atoms with E-state index in [-0.39, 0.29) is 35.8 Å². The van der Waals surface area contributed by atoms with Crippen LogP contribution in [0.15, 0.2) is 0 Å². The highest BCUT2D eigenvalue weighted by Gasteiger charge is 2.36. The molecule has 0 spiro atoms. The van der Waals surface area contributed by atoms with Crippen LogP contribution in [0.4, 0.5) is 0 Å². The monoisotopic (exact) mass is 228 g/mol. The van der Waals surface area contributed by atoms with Crippen LogP contribution in [0.25, 0.3) is 0 Å². The van der Waals surface area contributed by atoms with Gasteiger partial charge in [0.2, 0.25) is 0 Å². The molecule has 0 aromatic carbocycles. The fourth-order valence-corrected chi connectivity index (χ4v) is 2.08. The van der Waals surface area contributed by atoms with Gasteiger partial charge in [-0.25, -0.2) is 0 Å². The second-order valence-corrected chi connectivity index (χ2v) is 4.64. The van der Waals surface area contributed by atoms with Crippen LogP contribution in [-0.4, -0.2) is 30.6 Å². The average Bonchev–Trinajstić information content (AvgIpc) is 2.16. The van der Waals surface area contributed by atoms with Gasteiger partial charge in [-0.05, 0) is 12.8 Å². The van der Waals surface area contributed by atoms with Crippen molar-refractivity contribution in [3.63, 3.8) is 0 Å². The molecular weight excluding hydrogens is 208 g/mol. The first-order valence-electron chi connectivity index (χ1n) is 5.70. The molecule has 4 nitrogen and oxygen atoms in total. The molecule has 1 aliphatic rings. The Kier molecular flexibility index (Phi) is 4.47. The molecule has 0 aromatic rings. The lowest BCUT2D eigenvalue weighted by Crippen LogP contribution is -2.45. The molecule has 0 saturated carbocycles. The van der Waals surface area contributed by atoms with Gasteiger partial charge < -0.3 is 9.47 Å². The molecule has 0 bridgehead atoms. The molecule has 0 aromatic heterocycles. The lowest BCUT2D eigenvalue weighted by Gasteiger charge is -2.38. The molecule has 0 N–H and O–H groups in total. The van der Waals surface area contributed by atoms with E-state index in [0.29, 0.717) is 13.0 Å². The van der Waals surface area contributed by atoms with E-state index in [2.05, 4.69) is 0 Å². The highest BCUT2D eigenvalue weighted by Crippen LogP contribution is 2.30. The standard InChI is InChI=1S/C12H20O4/c1-7(13)5-11-8(2)9(3)12(6-15-11)16-10(4)14/h8-9,11-12H,5-6H2,1-4H3/t8-,9-,11+,12-/m1/s1. The van der Waals surface area contributed by atoms with Gasteiger partial charge in [-0.15, -0.1) is 0 Å². The van der Waals surface area contributed by atoms with Crippen molar-refractivity contribution in [2.24, 2.45) is 11.8 Å². The summed E-state index contributed by atoms with van der Waals surface area (Å²) in [7, 11) is 0. The van der Waals surface area contributed by atoms with Crippen molar-refractivity contribution in [2.45, 2.75) is 46.3 Å². The number of rotatable bonds is 3. The Morgan fingerprint density at radius 1 is 1.25 bits per heavy atom. The lowest BCUT2D eigenvalue weighted by atomic mass is 9.82. The molecule has 1 saturated heterocycles. The van der Waals surface area contributed by atoms with Gasteiger partial charge in [-0.1, -0.05) is 13.8 Å². The molecule has 1 fully saturated rings. The van der Waals surface area contributed by atoms with Crippen LogP contribution in [0.3, 0.4) is 0 Å². The first-order chi connectivity index (χ1) is 7.41. The van der Waals surface area contributed by atoms with Crippen molar-refractivity contribution < 1.29 is 19.1 Å². The molecule has 0 aliphatic carbocycles. The van der Waals surface area contributed by atoms with Crippen molar-refractivity contribution in [3.8, 4) is 0 Å². The largest absolute Gasteiger partial charge is 0.460 e. The number of carbonyl (C=O) groups is 2. The molecule has 4 atom stereocenters. The van der Waals surface area contributed by atoms with Crippen molar-refractivity contribution in [2.75, 3.05) is 6.61 Å². The van der Waals surface area contributed by atoms with Crippen LogP contribution in [-0.2, 0) is 19.1 Å². The van der Waals surface area contributed by atoms with E-state index in [1.54, 1.807) is 6.92 Å². The Labute approximate surface area is 96.3 Å². The first-order valence-corrected chi connectivity index (χ1v) is 5.70. The molecule has 92 valence electrons. The summed E-state index contributed by atoms with van der Waals surface area (Å²) in [4.78, 5) is 21.9. The molecule has 1 aliphatic heterocycles. The molecule has 16 heavy (non-hydrogen) atoms. The lowest BCUT2D eigenvalue weighted by molar-refractivity contribution is -0.171. The summed E-state index contributed by atoms with van der Waals surface area (Å²) in [6.45, 7) is 7.43. The number of ketones is 1. The van der Waals surface area contributed by atoms with Crippen LogP contribution < -0.4 is 0 Å². The van der Waals surface area contributed by atoms with Crippen molar-refractivity contribution in [1.29, 1.82) is 0 Å². The number of Topliss-reactive ketones (excluding diaryl/α,β-unsaturated/α-hetero) is 1. The normalized spacial score (nSPS) is 34.5. The second-order valence-electron chi connectivity index (χ2n) is 4.64. The zero-order chi connectivity index (χ0) is 12.3. The maximum Gasteiger partial charge on any atom is 0.302 e. The number of hydrogen-bond acceptors (Lipinski definition) is 4. The van der Waals surface area contributed by atoms with Gasteiger partial charge in [-0.2, -0.15) is 0 Å². The van der Waals surface area contributed by atoms with Crippen LogP contribution >= 0.6 is 0 Å². The van der Waals surface area contributed by atoms with Crippen molar-refractivity contribution in [1.82, 2.24) is 0 Å². The Bertz CT molecular complexity index is 246. The van der Waals surface area contributed by atoms with Crippen LogP contribution in [0.2, 0.25) is 0 Å². The zero-order valence-electron chi connectivity index (χ0n) is 10.4. The van der Waals surface area contributed by atoms with E-state index in [1.165, 1.54) is 6.92 Å². The van der Waals surface area contributed by atoms with E-state index in [0.717, 1.165) is 0 Å². The first kappa shape index (κ1) is 13.2. The number of ether oxygens (including phenoxy) is 2. The number of hydrogen-bond donors (Lipinski definition) is 0. The Morgan fingerprint density at radius 3 is 2.38 bits per heavy atom. The van der Waals surface area contributed by atoms with Crippen LogP contribution in [0.5, 0.6) is 0 Å². The molecule has 1 rings (SSSR count). The van der Waals surface area contributed by atoms with Gasteiger partial charge in [0.05, 0.1) is 12.7 Å². The quantitative estimate of drug-likeness (QED) is 0.688. The van der Waals surface area contributed by atoms with E-state index in [4.69, 9.17) is 9.47 Å². The summed E-state index contributed by atoms with van der Waals surface area (Å²) < 4.78 is 10.8. The highest BCUT2D eigenvalue weighted by atomic mass is 16.6. The fraction of sp³-hybridized carbons (Fsp3) is 0.833. The minimum Gasteiger partial charge on any atom is -0.460 e. The molecular formula is C12H20O4. The predicted molar refractivity (Wildman–Crippen MR) is 58.9 cm³/mol. The zero-order valence-corrected chi connectivity index (χ0v) is 10.4. The summed E-state index contributed by atoms with van der Waals surface area (Å²) >= 11 is 0. The van der Waals surface area contributed by atoms with Gasteiger partial charge in [0.15, 0.2) is 0 Å². The third-order valence-corrected chi connectivity index (χ3v) is 3.28. The van der Waals surface area contributed by atoms with Crippen molar-refractivity contribution >= 4 is 11.8 Å². The van der Waals surface area contributed by atoms with Crippen LogP contribution in [0.1, 0.15) is 34.1 Å². The second kappa shape index (κ2) is 5.43. The molecule has 0 unspecified atom stereocenters. The highest BCUT2D eigenvalue weighted by molar-refractivity contribution is 5.76. The maximum atomic E-state index is 11.1. The van der Waals surface area contributed by atoms with E-state index in [1.807, 2.05) is 13.8 Å². The van der Waals surface area contributed by atoms with Gasteiger partial charge in [0.1, 0.15) is 11.9 Å². The Balaban J connectivity index is 2.57. The predicted octanol–water partition coefficient (Wildman–Crippen LogP) is 1.57. The minimum atomic E-state index is -0.280. The molecule has 0 amide bonds. The smallest absolute Gasteiger partial charge is 0.302 e. The van der Waals surface area contributed by atoms with Gasteiger partial charge in [0, 0.05) is 19.3 Å². The maximum absolute atomic E-state index is 11.1. The van der Waals surface area contributed by atoms with E-state index < -0.39 is 0 Å². The van der Waals surface area contributed by atoms with Gasteiger partial charge in [-0.3, -0.25) is 9.59 Å². The summed E-state index contributed by atoms with van der Waals surface area (Å²) in [5, 5.41) is 0. The number of esters is 1. The van der Waals surface area contributed by atoms with E-state index in [9.17, 15) is 9.59 Å². The third kappa shape index (κ3) is 3.30. The summed E-state index contributed by atoms with van der Waals surface area (Å²) in [6.07, 6.45) is 0.216. The Morgan fingerprint density at radius 2 is 1.88 bits per heavy atom. The fourth-order valence-electron chi connectivity index (χ4n) is 2.08. The van der Waals surface area contributed by atoms with Gasteiger partial charge in [0.25, 0.3) is 0 Å². The van der Waals surface area contributed by atoms with Gasteiger partial charge >= 0.3 is 5.97 Å². The SMILES string of the molecule is CC(=O)C[C@@H]1OC[C@@H](OC(C)=O)[C@H](C)[C@H]1C. The summed E-state index contributed by atoms with van der Waals surface area (Å²) in [5.74, 6) is 0.302.